The number of non-ortho nitro benzene ring substituents is 1. The van der Waals surface area contributed by atoms with Gasteiger partial charge < -0.3 is 15.5 Å². The van der Waals surface area contributed by atoms with Gasteiger partial charge in [0.2, 0.25) is 11.9 Å². The Labute approximate surface area is 173 Å². The van der Waals surface area contributed by atoms with Gasteiger partial charge in [0.25, 0.3) is 5.69 Å². The number of nitrogen functional groups attached to an aromatic ring is 1. The minimum atomic E-state index is -0.427. The van der Waals surface area contributed by atoms with Gasteiger partial charge in [0, 0.05) is 44.0 Å². The number of aromatic nitrogens is 3. The minimum Gasteiger partial charge on any atom is -0.368 e. The molecule has 2 N–H and O–H groups in total. The fourth-order valence-electron chi connectivity index (χ4n) is 3.29. The third kappa shape index (κ3) is 4.52. The summed E-state index contributed by atoms with van der Waals surface area (Å²) in [6.07, 6.45) is 3.51. The molecule has 2 heterocycles. The molecule has 0 atom stereocenters. The average molecular weight is 403 g/mol. The Morgan fingerprint density at radius 2 is 1.53 bits per heavy atom. The summed E-state index contributed by atoms with van der Waals surface area (Å²) in [7, 11) is 0. The second kappa shape index (κ2) is 8.56. The van der Waals surface area contributed by atoms with Gasteiger partial charge in [-0.25, -0.2) is 0 Å². The summed E-state index contributed by atoms with van der Waals surface area (Å²) in [5.41, 5.74) is 7.96. The lowest BCUT2D eigenvalue weighted by Gasteiger charge is -2.36. The molecule has 0 bridgehead atoms. The first-order valence-electron chi connectivity index (χ1n) is 9.57. The lowest BCUT2D eigenvalue weighted by atomic mass is 10.2. The third-order valence-electron chi connectivity index (χ3n) is 4.87. The number of hydrogen-bond donors (Lipinski definition) is 1. The van der Waals surface area contributed by atoms with Gasteiger partial charge in [-0.2, -0.15) is 15.0 Å². The zero-order valence-electron chi connectivity index (χ0n) is 16.3. The monoisotopic (exact) mass is 403 g/mol. The van der Waals surface area contributed by atoms with Crippen molar-refractivity contribution in [1.29, 1.82) is 0 Å². The highest BCUT2D eigenvalue weighted by Gasteiger charge is 2.20. The predicted octanol–water partition coefficient (Wildman–Crippen LogP) is 2.86. The molecule has 0 aliphatic carbocycles. The summed E-state index contributed by atoms with van der Waals surface area (Å²) in [6, 6.07) is 16.6. The van der Waals surface area contributed by atoms with E-state index in [0.717, 1.165) is 31.7 Å². The first-order valence-corrected chi connectivity index (χ1v) is 9.57. The molecule has 1 saturated heterocycles. The van der Waals surface area contributed by atoms with Gasteiger partial charge in [-0.1, -0.05) is 24.3 Å². The lowest BCUT2D eigenvalue weighted by molar-refractivity contribution is -0.384. The van der Waals surface area contributed by atoms with E-state index in [1.165, 1.54) is 17.8 Å². The Hall–Kier alpha value is -4.01. The molecule has 1 aliphatic heterocycles. The Morgan fingerprint density at radius 1 is 0.867 bits per heavy atom. The summed E-state index contributed by atoms with van der Waals surface area (Å²) in [6.45, 7) is 3.29. The van der Waals surface area contributed by atoms with E-state index in [-0.39, 0.29) is 11.6 Å². The molecule has 9 heteroatoms. The van der Waals surface area contributed by atoms with Crippen molar-refractivity contribution >= 4 is 35.4 Å². The van der Waals surface area contributed by atoms with E-state index in [1.807, 2.05) is 18.2 Å². The van der Waals surface area contributed by atoms with Crippen molar-refractivity contribution in [3.05, 3.63) is 76.1 Å². The second-order valence-electron chi connectivity index (χ2n) is 6.84. The topological polar surface area (TPSA) is 114 Å². The van der Waals surface area contributed by atoms with Crippen LogP contribution < -0.4 is 15.5 Å². The van der Waals surface area contributed by atoms with Crippen LogP contribution in [0, 0.1) is 10.1 Å². The summed E-state index contributed by atoms with van der Waals surface area (Å²) >= 11 is 0. The molecule has 4 rings (SSSR count). The molecule has 30 heavy (non-hydrogen) atoms. The number of nitrogens with zero attached hydrogens (tertiary/aromatic N) is 6. The van der Waals surface area contributed by atoms with Crippen molar-refractivity contribution in [2.75, 3.05) is 41.7 Å². The van der Waals surface area contributed by atoms with E-state index in [9.17, 15) is 10.1 Å². The average Bonchev–Trinajstić information content (AvgIpc) is 2.78. The van der Waals surface area contributed by atoms with Gasteiger partial charge in [0.15, 0.2) is 5.82 Å². The number of benzene rings is 2. The van der Waals surface area contributed by atoms with E-state index in [0.29, 0.717) is 11.8 Å². The zero-order chi connectivity index (χ0) is 20.9. The lowest BCUT2D eigenvalue weighted by Crippen LogP contribution is -2.47. The van der Waals surface area contributed by atoms with E-state index >= 15 is 0 Å². The van der Waals surface area contributed by atoms with Gasteiger partial charge in [-0.15, -0.1) is 0 Å². The van der Waals surface area contributed by atoms with Crippen LogP contribution in [0.15, 0.2) is 54.6 Å². The summed E-state index contributed by atoms with van der Waals surface area (Å²) in [4.78, 5) is 27.8. The molecule has 0 spiro atoms. The van der Waals surface area contributed by atoms with E-state index in [4.69, 9.17) is 5.73 Å². The van der Waals surface area contributed by atoms with Gasteiger partial charge in [-0.3, -0.25) is 10.1 Å². The van der Waals surface area contributed by atoms with Crippen molar-refractivity contribution < 1.29 is 4.92 Å². The van der Waals surface area contributed by atoms with E-state index in [2.05, 4.69) is 36.9 Å². The standard InChI is InChI=1S/C21H21N7O2/c22-20-23-19(11-8-16-6-9-18(10-7-16)28(29)30)24-21(25-20)27-14-12-26(13-15-27)17-4-2-1-3-5-17/h1-11H,12-15H2,(H2,22,23,24,25)/b11-8+. The van der Waals surface area contributed by atoms with Crippen LogP contribution in [0.1, 0.15) is 11.4 Å². The number of nitro groups is 1. The Bertz CT molecular complexity index is 1050. The van der Waals surface area contributed by atoms with Crippen molar-refractivity contribution in [3.8, 4) is 0 Å². The van der Waals surface area contributed by atoms with E-state index in [1.54, 1.807) is 24.3 Å². The highest BCUT2D eigenvalue weighted by atomic mass is 16.6. The first-order chi connectivity index (χ1) is 14.6. The van der Waals surface area contributed by atoms with Crippen LogP contribution in [-0.4, -0.2) is 46.1 Å². The summed E-state index contributed by atoms with van der Waals surface area (Å²) in [5, 5.41) is 10.8. The smallest absolute Gasteiger partial charge is 0.269 e. The minimum absolute atomic E-state index is 0.0495. The first kappa shape index (κ1) is 19.3. The molecule has 0 saturated carbocycles. The van der Waals surface area contributed by atoms with Crippen molar-refractivity contribution in [3.63, 3.8) is 0 Å². The van der Waals surface area contributed by atoms with E-state index < -0.39 is 4.92 Å². The molecule has 0 unspecified atom stereocenters. The fourth-order valence-corrected chi connectivity index (χ4v) is 3.29. The summed E-state index contributed by atoms with van der Waals surface area (Å²) in [5.74, 6) is 1.16. The van der Waals surface area contributed by atoms with Crippen molar-refractivity contribution in [2.24, 2.45) is 0 Å². The van der Waals surface area contributed by atoms with Gasteiger partial charge >= 0.3 is 0 Å². The quantitative estimate of drug-likeness (QED) is 0.511. The predicted molar refractivity (Wildman–Crippen MR) is 117 cm³/mol. The number of nitro benzene ring substituents is 1. The largest absolute Gasteiger partial charge is 0.368 e. The Balaban J connectivity index is 1.45. The highest BCUT2D eigenvalue weighted by molar-refractivity contribution is 5.68. The zero-order valence-corrected chi connectivity index (χ0v) is 16.3. The van der Waals surface area contributed by atoms with Crippen LogP contribution in [0.4, 0.5) is 23.3 Å². The van der Waals surface area contributed by atoms with Crippen molar-refractivity contribution in [2.45, 2.75) is 0 Å². The molecule has 1 fully saturated rings. The molecule has 9 nitrogen and oxygen atoms in total. The SMILES string of the molecule is Nc1nc(/C=C/c2ccc([N+](=O)[O-])cc2)nc(N2CCN(c3ccccc3)CC2)n1. The number of rotatable bonds is 5. The Morgan fingerprint density at radius 3 is 2.20 bits per heavy atom. The fraction of sp³-hybridized carbons (Fsp3) is 0.190. The Kier molecular flexibility index (Phi) is 5.51. The molecule has 1 aliphatic rings. The van der Waals surface area contributed by atoms with Crippen LogP contribution in [-0.2, 0) is 0 Å². The number of anilines is 3. The molecule has 0 radical (unpaired) electrons. The van der Waals surface area contributed by atoms with Crippen LogP contribution in [0.5, 0.6) is 0 Å². The van der Waals surface area contributed by atoms with Gasteiger partial charge in [-0.05, 0) is 35.9 Å². The number of nitrogens with two attached hydrogens (primary N) is 1. The maximum Gasteiger partial charge on any atom is 0.269 e. The molecule has 2 aromatic carbocycles. The number of hydrogen-bond acceptors (Lipinski definition) is 8. The van der Waals surface area contributed by atoms with Crippen LogP contribution in [0.2, 0.25) is 0 Å². The third-order valence-corrected chi connectivity index (χ3v) is 4.87. The maximum atomic E-state index is 10.8. The normalized spacial score (nSPS) is 14.3. The second-order valence-corrected chi connectivity index (χ2v) is 6.84. The molecule has 0 amide bonds. The molecular formula is C21H21N7O2. The van der Waals surface area contributed by atoms with Crippen molar-refractivity contribution in [1.82, 2.24) is 15.0 Å². The highest BCUT2D eigenvalue weighted by Crippen LogP contribution is 2.19. The number of piperazine rings is 1. The van der Waals surface area contributed by atoms with Crippen LogP contribution in [0.25, 0.3) is 12.2 Å². The molecular weight excluding hydrogens is 382 g/mol. The van der Waals surface area contributed by atoms with Gasteiger partial charge in [0.1, 0.15) is 0 Å². The molecule has 3 aromatic rings. The maximum absolute atomic E-state index is 10.8. The van der Waals surface area contributed by atoms with Crippen LogP contribution >= 0.6 is 0 Å². The number of para-hydroxylation sites is 1. The van der Waals surface area contributed by atoms with Crippen LogP contribution in [0.3, 0.4) is 0 Å². The molecule has 152 valence electrons. The van der Waals surface area contributed by atoms with Gasteiger partial charge in [0.05, 0.1) is 4.92 Å². The molecule has 1 aromatic heterocycles. The summed E-state index contributed by atoms with van der Waals surface area (Å²) < 4.78 is 0.